The Morgan fingerprint density at radius 1 is 0.627 bits per heavy atom. The standard InChI is InChI=1S/C64H67NO2/c1-3-14-45(15-4-1)54-21-11-26-59-60-41-49(33-38-61(60)66-62(54)59)44-31-36-52(37-32-44)65(51-34-29-43(30-35-51)48-28-27-42-13-7-8-18-47(42)39-48)53-20-9-19-50(40-53)56-23-12-25-58-57-24-10-22-55(63(57)67-64(56)58)46-16-5-2-6-17-46/h1-6,9,12,14,16-17,19,21-23,29,33-34,36,38,40-41,44-45,48,53,58,60-61H,7-8,10-11,13,15,18,20,24-28,30-32,35,37,39H2. The highest BCUT2D eigenvalue weighted by atomic mass is 16.5. The van der Waals surface area contributed by atoms with Gasteiger partial charge in [0.15, 0.2) is 0 Å². The summed E-state index contributed by atoms with van der Waals surface area (Å²) in [5, 5.41) is 0. The van der Waals surface area contributed by atoms with Crippen LogP contribution in [-0.4, -0.2) is 17.0 Å². The maximum Gasteiger partial charge on any atom is 0.134 e. The summed E-state index contributed by atoms with van der Waals surface area (Å²) in [6.45, 7) is 0. The number of hydrogen-bond donors (Lipinski definition) is 0. The van der Waals surface area contributed by atoms with Crippen LogP contribution < -0.4 is 0 Å². The summed E-state index contributed by atoms with van der Waals surface area (Å²) < 4.78 is 13.9. The van der Waals surface area contributed by atoms with Gasteiger partial charge >= 0.3 is 0 Å². The molecule has 1 aromatic carbocycles. The van der Waals surface area contributed by atoms with Crippen LogP contribution in [0.2, 0.25) is 0 Å². The van der Waals surface area contributed by atoms with Gasteiger partial charge in [-0.3, -0.25) is 0 Å². The molecule has 7 atom stereocenters. The van der Waals surface area contributed by atoms with Crippen molar-refractivity contribution < 1.29 is 9.47 Å². The number of ether oxygens (including phenoxy) is 2. The number of fused-ring (bicyclic) bond motifs is 4. The van der Waals surface area contributed by atoms with Crippen molar-refractivity contribution in [1.29, 1.82) is 0 Å². The molecule has 0 saturated heterocycles. The molecular weight excluding hydrogens is 815 g/mol. The first-order valence-electron chi connectivity index (χ1n) is 26.6. The smallest absolute Gasteiger partial charge is 0.134 e. The molecule has 3 nitrogen and oxygen atoms in total. The van der Waals surface area contributed by atoms with Crippen LogP contribution in [0.4, 0.5) is 0 Å². The molecule has 0 aromatic heterocycles. The molecule has 0 radical (unpaired) electrons. The zero-order valence-electron chi connectivity index (χ0n) is 39.4. The van der Waals surface area contributed by atoms with Crippen LogP contribution >= 0.6 is 0 Å². The normalized spacial score (nSPS) is 31.8. The van der Waals surface area contributed by atoms with Crippen molar-refractivity contribution in [2.45, 2.75) is 134 Å². The molecule has 0 spiro atoms. The Morgan fingerprint density at radius 2 is 1.51 bits per heavy atom. The van der Waals surface area contributed by atoms with Crippen molar-refractivity contribution in [1.82, 2.24) is 4.90 Å². The third-order valence-electron chi connectivity index (χ3n) is 17.7. The van der Waals surface area contributed by atoms with Crippen molar-refractivity contribution in [2.24, 2.45) is 29.6 Å². The average Bonchev–Trinajstić information content (AvgIpc) is 3.98. The van der Waals surface area contributed by atoms with Gasteiger partial charge in [0.25, 0.3) is 0 Å². The molecule has 0 amide bonds. The van der Waals surface area contributed by atoms with Crippen molar-refractivity contribution in [3.05, 3.63) is 218 Å². The van der Waals surface area contributed by atoms with Crippen LogP contribution in [0.15, 0.2) is 212 Å². The maximum absolute atomic E-state index is 7.08. The van der Waals surface area contributed by atoms with Gasteiger partial charge in [0, 0.05) is 40.3 Å². The van der Waals surface area contributed by atoms with Gasteiger partial charge < -0.3 is 14.4 Å². The minimum absolute atomic E-state index is 0.138. The van der Waals surface area contributed by atoms with Gasteiger partial charge in [-0.15, -0.1) is 0 Å². The predicted molar refractivity (Wildman–Crippen MR) is 273 cm³/mol. The van der Waals surface area contributed by atoms with Crippen LogP contribution in [0, 0.1) is 29.6 Å². The molecule has 12 aliphatic rings. The van der Waals surface area contributed by atoms with Gasteiger partial charge in [-0.1, -0.05) is 138 Å². The van der Waals surface area contributed by atoms with Gasteiger partial charge in [-0.25, -0.2) is 0 Å². The van der Waals surface area contributed by atoms with Gasteiger partial charge in [0.1, 0.15) is 23.4 Å². The summed E-state index contributed by atoms with van der Waals surface area (Å²) in [4.78, 5) is 2.81. The Hall–Kier alpha value is -5.54. The van der Waals surface area contributed by atoms with E-state index < -0.39 is 0 Å². The Bertz CT molecular complexity index is 2750. The third-order valence-corrected chi connectivity index (χ3v) is 17.7. The minimum atomic E-state index is 0.138. The first-order chi connectivity index (χ1) is 33.2. The lowest BCUT2D eigenvalue weighted by Gasteiger charge is -2.41. The fourth-order valence-corrected chi connectivity index (χ4v) is 14.2. The maximum atomic E-state index is 7.08. The predicted octanol–water partition coefficient (Wildman–Crippen LogP) is 16.1. The largest absolute Gasteiger partial charge is 0.485 e. The van der Waals surface area contributed by atoms with E-state index in [9.17, 15) is 0 Å². The Balaban J connectivity index is 0.794. The van der Waals surface area contributed by atoms with E-state index in [1.807, 2.05) is 11.1 Å². The van der Waals surface area contributed by atoms with Gasteiger partial charge in [0.05, 0.1) is 6.04 Å². The van der Waals surface area contributed by atoms with Crippen LogP contribution in [0.25, 0.3) is 5.57 Å². The summed E-state index contributed by atoms with van der Waals surface area (Å²) in [5.74, 6) is 5.90. The molecule has 7 unspecified atom stereocenters. The second kappa shape index (κ2) is 17.8. The van der Waals surface area contributed by atoms with E-state index in [0.29, 0.717) is 23.7 Å². The Labute approximate surface area is 399 Å². The highest BCUT2D eigenvalue weighted by Crippen LogP contribution is 2.52. The molecule has 0 saturated carbocycles. The topological polar surface area (TPSA) is 21.7 Å². The molecule has 2 heterocycles. The molecule has 0 fully saturated rings. The van der Waals surface area contributed by atoms with E-state index in [0.717, 1.165) is 75.9 Å². The number of hydrogen-bond acceptors (Lipinski definition) is 3. The van der Waals surface area contributed by atoms with Gasteiger partial charge in [0.2, 0.25) is 0 Å². The van der Waals surface area contributed by atoms with E-state index in [2.05, 4.69) is 139 Å². The van der Waals surface area contributed by atoms with Crippen LogP contribution in [-0.2, 0) is 9.47 Å². The zero-order chi connectivity index (χ0) is 44.3. The second-order valence-corrected chi connectivity index (χ2v) is 21.4. The Morgan fingerprint density at radius 3 is 2.37 bits per heavy atom. The zero-order valence-corrected chi connectivity index (χ0v) is 39.4. The van der Waals surface area contributed by atoms with Crippen molar-refractivity contribution in [3.63, 3.8) is 0 Å². The van der Waals surface area contributed by atoms with Crippen LogP contribution in [0.1, 0.15) is 128 Å². The lowest BCUT2D eigenvalue weighted by atomic mass is 9.73. The van der Waals surface area contributed by atoms with E-state index in [1.54, 1.807) is 11.1 Å². The van der Waals surface area contributed by atoms with E-state index in [-0.39, 0.29) is 12.1 Å². The van der Waals surface area contributed by atoms with Crippen molar-refractivity contribution in [3.8, 4) is 0 Å². The van der Waals surface area contributed by atoms with E-state index in [4.69, 9.17) is 9.47 Å². The molecule has 13 rings (SSSR count). The quantitative estimate of drug-likeness (QED) is 0.243. The Kier molecular flexibility index (Phi) is 11.1. The highest BCUT2D eigenvalue weighted by molar-refractivity contribution is 5.81. The number of allylic oxidation sites excluding steroid dienone is 24. The van der Waals surface area contributed by atoms with Gasteiger partial charge in [-0.05, 0) is 179 Å². The lowest BCUT2D eigenvalue weighted by Crippen LogP contribution is -2.35. The van der Waals surface area contributed by atoms with E-state index in [1.165, 1.54) is 120 Å². The summed E-state index contributed by atoms with van der Waals surface area (Å²) >= 11 is 0. The fourth-order valence-electron chi connectivity index (χ4n) is 14.2. The molecule has 67 heavy (non-hydrogen) atoms. The third kappa shape index (κ3) is 7.73. The lowest BCUT2D eigenvalue weighted by molar-refractivity contribution is 0.167. The second-order valence-electron chi connectivity index (χ2n) is 21.4. The van der Waals surface area contributed by atoms with E-state index >= 15 is 0 Å². The minimum Gasteiger partial charge on any atom is -0.485 e. The SMILES string of the molecule is C1=CCC(C2=CCCC3=C2OC2C=CC(C4CC=C(N(C5=CC=C(C6CCC7=C(CCCC7)C6)CC5)C5C=C(C6=C7OC8=C(CCC=C8c8ccccc8)C7CC=C6)C=CC5)CC4)=CC32)C=C1. The number of benzene rings is 1. The molecule has 0 bridgehead atoms. The summed E-state index contributed by atoms with van der Waals surface area (Å²) in [6, 6.07) is 11.1. The summed E-state index contributed by atoms with van der Waals surface area (Å²) in [5.41, 5.74) is 19.5. The molecular formula is C64H67NO2. The fraction of sp³-hybridized carbons (Fsp3) is 0.406. The molecule has 2 aliphatic heterocycles. The molecule has 3 heteroatoms. The summed E-state index contributed by atoms with van der Waals surface area (Å²) in [6.07, 6.45) is 64.3. The van der Waals surface area contributed by atoms with Crippen molar-refractivity contribution in [2.75, 3.05) is 0 Å². The summed E-state index contributed by atoms with van der Waals surface area (Å²) in [7, 11) is 0. The molecule has 10 aliphatic carbocycles. The first kappa shape index (κ1) is 41.6. The van der Waals surface area contributed by atoms with Crippen LogP contribution in [0.5, 0.6) is 0 Å². The average molecular weight is 882 g/mol. The van der Waals surface area contributed by atoms with Crippen molar-refractivity contribution >= 4 is 5.57 Å². The first-order valence-corrected chi connectivity index (χ1v) is 26.6. The molecule has 340 valence electrons. The number of nitrogens with zero attached hydrogens (tertiary/aromatic N) is 1. The monoisotopic (exact) mass is 882 g/mol. The highest BCUT2D eigenvalue weighted by Gasteiger charge is 2.41. The number of rotatable bonds is 8. The van der Waals surface area contributed by atoms with Crippen LogP contribution in [0.3, 0.4) is 0 Å². The van der Waals surface area contributed by atoms with Gasteiger partial charge in [-0.2, -0.15) is 0 Å². The molecule has 0 N–H and O–H groups in total. The molecule has 1 aromatic rings.